The zero-order valence-corrected chi connectivity index (χ0v) is 12.7. The Morgan fingerprint density at radius 3 is 2.74 bits per heavy atom. The summed E-state index contributed by atoms with van der Waals surface area (Å²) in [6.07, 6.45) is 0.864. The molecule has 1 aromatic heterocycles. The van der Waals surface area contributed by atoms with Crippen molar-refractivity contribution in [2.24, 2.45) is 12.8 Å². The third-order valence-corrected chi connectivity index (χ3v) is 3.74. The second-order valence-electron chi connectivity index (χ2n) is 6.21. The van der Waals surface area contributed by atoms with E-state index in [2.05, 4.69) is 30.8 Å². The van der Waals surface area contributed by atoms with Crippen LogP contribution < -0.4 is 10.6 Å². The Kier molecular flexibility index (Phi) is 3.87. The summed E-state index contributed by atoms with van der Waals surface area (Å²) in [4.78, 5) is 2.41. The minimum Gasteiger partial charge on any atom is -0.377 e. The lowest BCUT2D eigenvalue weighted by Gasteiger charge is -2.44. The second-order valence-corrected chi connectivity index (χ2v) is 6.21. The first-order chi connectivity index (χ1) is 8.83. The van der Waals surface area contributed by atoms with Gasteiger partial charge in [0.1, 0.15) is 5.82 Å². The van der Waals surface area contributed by atoms with Crippen LogP contribution in [-0.4, -0.2) is 41.1 Å². The molecule has 0 bridgehead atoms. The van der Waals surface area contributed by atoms with Gasteiger partial charge in [-0.1, -0.05) is 0 Å². The largest absolute Gasteiger partial charge is 0.377 e. The van der Waals surface area contributed by atoms with E-state index in [1.54, 1.807) is 0 Å². The highest BCUT2D eigenvalue weighted by Gasteiger charge is 2.34. The Morgan fingerprint density at radius 2 is 2.16 bits per heavy atom. The normalized spacial score (nSPS) is 20.6. The van der Waals surface area contributed by atoms with Crippen LogP contribution in [0.25, 0.3) is 0 Å². The fraction of sp³-hybridized carbons (Fsp3) is 0.786. The van der Waals surface area contributed by atoms with E-state index in [1.165, 1.54) is 11.4 Å². The molecule has 0 saturated carbocycles. The predicted octanol–water partition coefficient (Wildman–Crippen LogP) is 1.23. The maximum absolute atomic E-state index is 5.99. The van der Waals surface area contributed by atoms with Gasteiger partial charge in [0.15, 0.2) is 0 Å². The molecule has 5 heteroatoms. The number of nitrogens with two attached hydrogens (primary N) is 1. The van der Waals surface area contributed by atoms with E-state index in [-0.39, 0.29) is 11.6 Å². The molecule has 0 radical (unpaired) electrons. The molecular formula is C14H26N4O. The molecule has 0 aromatic carbocycles. The average Bonchev–Trinajstić information content (AvgIpc) is 2.54. The molecule has 1 fully saturated rings. The van der Waals surface area contributed by atoms with Crippen LogP contribution in [0.2, 0.25) is 0 Å². The van der Waals surface area contributed by atoms with Crippen molar-refractivity contribution in [1.82, 2.24) is 9.78 Å². The number of aromatic nitrogens is 2. The highest BCUT2D eigenvalue weighted by molar-refractivity contribution is 5.53. The maximum atomic E-state index is 5.99. The molecule has 0 spiro atoms. The number of hydrogen-bond acceptors (Lipinski definition) is 4. The molecule has 1 saturated heterocycles. The molecule has 1 unspecified atom stereocenters. The number of nitrogens with zero attached hydrogens (tertiary/aromatic N) is 3. The minimum absolute atomic E-state index is 0.00886. The number of anilines is 1. The van der Waals surface area contributed by atoms with Crippen molar-refractivity contribution < 1.29 is 4.74 Å². The third kappa shape index (κ3) is 2.77. The van der Waals surface area contributed by atoms with Gasteiger partial charge in [0.05, 0.1) is 24.4 Å². The van der Waals surface area contributed by atoms with E-state index >= 15 is 0 Å². The Balaban J connectivity index is 2.42. The summed E-state index contributed by atoms with van der Waals surface area (Å²) < 4.78 is 7.59. The van der Waals surface area contributed by atoms with Crippen LogP contribution in [0.3, 0.4) is 0 Å². The minimum atomic E-state index is -0.00886. The molecule has 5 nitrogen and oxygen atoms in total. The maximum Gasteiger partial charge on any atom is 0.130 e. The van der Waals surface area contributed by atoms with Gasteiger partial charge in [-0.05, 0) is 34.1 Å². The van der Waals surface area contributed by atoms with Gasteiger partial charge in [-0.2, -0.15) is 5.10 Å². The summed E-state index contributed by atoms with van der Waals surface area (Å²) in [6, 6.07) is 0.144. The summed E-state index contributed by atoms with van der Waals surface area (Å²) in [6.45, 7) is 10.9. The van der Waals surface area contributed by atoms with Gasteiger partial charge in [0.25, 0.3) is 0 Å². The first kappa shape index (κ1) is 14.3. The van der Waals surface area contributed by atoms with Gasteiger partial charge in [0.2, 0.25) is 0 Å². The van der Waals surface area contributed by atoms with Crippen LogP contribution in [0.4, 0.5) is 5.82 Å². The molecule has 2 heterocycles. The first-order valence-corrected chi connectivity index (χ1v) is 6.96. The zero-order chi connectivity index (χ0) is 14.2. The molecule has 2 N–H and O–H groups in total. The summed E-state index contributed by atoms with van der Waals surface area (Å²) >= 11 is 0. The van der Waals surface area contributed by atoms with Gasteiger partial charge in [-0.15, -0.1) is 0 Å². The molecule has 1 atom stereocenters. The Morgan fingerprint density at radius 1 is 1.47 bits per heavy atom. The highest BCUT2D eigenvalue weighted by atomic mass is 16.5. The standard InChI is InChI=1S/C14H26N4O/c1-10(15)8-12-11(2)16-17(5)13(12)18-6-7-19-9-14(18,3)4/h10H,6-9,15H2,1-5H3. The molecule has 108 valence electrons. The Labute approximate surface area is 115 Å². The van der Waals surface area contributed by atoms with Crippen LogP contribution >= 0.6 is 0 Å². The lowest BCUT2D eigenvalue weighted by atomic mass is 10.00. The lowest BCUT2D eigenvalue weighted by Crippen LogP contribution is -2.54. The molecule has 0 amide bonds. The van der Waals surface area contributed by atoms with Crippen LogP contribution in [0.5, 0.6) is 0 Å². The highest BCUT2D eigenvalue weighted by Crippen LogP contribution is 2.31. The van der Waals surface area contributed by atoms with E-state index in [9.17, 15) is 0 Å². The summed E-state index contributed by atoms with van der Waals surface area (Å²) in [5.41, 5.74) is 8.33. The van der Waals surface area contributed by atoms with Crippen molar-refractivity contribution in [3.8, 4) is 0 Å². The summed E-state index contributed by atoms with van der Waals surface area (Å²) in [5.74, 6) is 1.20. The summed E-state index contributed by atoms with van der Waals surface area (Å²) in [5, 5.41) is 4.58. The fourth-order valence-corrected chi connectivity index (χ4v) is 2.84. The molecule has 19 heavy (non-hydrogen) atoms. The molecule has 1 aliphatic heterocycles. The van der Waals surface area contributed by atoms with Crippen LogP contribution in [-0.2, 0) is 18.2 Å². The van der Waals surface area contributed by atoms with Crippen molar-refractivity contribution in [3.63, 3.8) is 0 Å². The molecule has 1 aromatic rings. The zero-order valence-electron chi connectivity index (χ0n) is 12.7. The van der Waals surface area contributed by atoms with E-state index < -0.39 is 0 Å². The van der Waals surface area contributed by atoms with Gasteiger partial charge < -0.3 is 15.4 Å². The quantitative estimate of drug-likeness (QED) is 0.894. The van der Waals surface area contributed by atoms with Crippen LogP contribution in [0, 0.1) is 6.92 Å². The van der Waals surface area contributed by atoms with Crippen molar-refractivity contribution in [2.45, 2.75) is 45.7 Å². The van der Waals surface area contributed by atoms with Crippen molar-refractivity contribution >= 4 is 5.82 Å². The average molecular weight is 266 g/mol. The van der Waals surface area contributed by atoms with Gasteiger partial charge >= 0.3 is 0 Å². The Hall–Kier alpha value is -1.07. The lowest BCUT2D eigenvalue weighted by molar-refractivity contribution is 0.0633. The van der Waals surface area contributed by atoms with Crippen molar-refractivity contribution in [1.29, 1.82) is 0 Å². The summed E-state index contributed by atoms with van der Waals surface area (Å²) in [7, 11) is 2.01. The Bertz CT molecular complexity index is 451. The molecular weight excluding hydrogens is 240 g/mol. The van der Waals surface area contributed by atoms with E-state index in [1.807, 2.05) is 18.7 Å². The van der Waals surface area contributed by atoms with Gasteiger partial charge in [-0.3, -0.25) is 4.68 Å². The molecule has 2 rings (SSSR count). The first-order valence-electron chi connectivity index (χ1n) is 6.96. The third-order valence-electron chi connectivity index (χ3n) is 3.74. The fourth-order valence-electron chi connectivity index (χ4n) is 2.84. The van der Waals surface area contributed by atoms with Gasteiger partial charge in [0, 0.05) is 25.2 Å². The van der Waals surface area contributed by atoms with E-state index in [0.29, 0.717) is 0 Å². The van der Waals surface area contributed by atoms with Crippen molar-refractivity contribution in [2.75, 3.05) is 24.7 Å². The van der Waals surface area contributed by atoms with Crippen LogP contribution in [0.1, 0.15) is 32.0 Å². The number of hydrogen-bond donors (Lipinski definition) is 1. The number of aryl methyl sites for hydroxylation is 2. The molecule has 1 aliphatic rings. The SMILES string of the molecule is Cc1nn(C)c(N2CCOCC2(C)C)c1CC(C)N. The van der Waals surface area contributed by atoms with E-state index in [0.717, 1.165) is 31.9 Å². The topological polar surface area (TPSA) is 56.3 Å². The smallest absolute Gasteiger partial charge is 0.130 e. The van der Waals surface area contributed by atoms with Gasteiger partial charge in [-0.25, -0.2) is 0 Å². The van der Waals surface area contributed by atoms with E-state index in [4.69, 9.17) is 10.5 Å². The predicted molar refractivity (Wildman–Crippen MR) is 77.5 cm³/mol. The number of ether oxygens (including phenoxy) is 1. The molecule has 0 aliphatic carbocycles. The van der Waals surface area contributed by atoms with Crippen molar-refractivity contribution in [3.05, 3.63) is 11.3 Å². The number of rotatable bonds is 3. The second kappa shape index (κ2) is 5.13. The monoisotopic (exact) mass is 266 g/mol. The van der Waals surface area contributed by atoms with Crippen LogP contribution in [0.15, 0.2) is 0 Å². The number of morpholine rings is 1.